The molecule has 3 aromatic rings. The SMILES string of the molecule is Cc1nc(Nc2ncc(C(=O)Nc3c(C)cccc3C)s2)cc(N2CCN(CCO)CC2)n1. The predicted molar refractivity (Wildman–Crippen MR) is 132 cm³/mol. The van der Waals surface area contributed by atoms with Crippen LogP contribution in [0.15, 0.2) is 30.5 Å². The number of β-amino-alcohol motifs (C(OH)–C–C–N with tert-alkyl or cyclic N) is 1. The second kappa shape index (κ2) is 10.2. The number of aliphatic hydroxyl groups excluding tert-OH is 1. The third-order valence-electron chi connectivity index (χ3n) is 5.62. The summed E-state index contributed by atoms with van der Waals surface area (Å²) in [6, 6.07) is 7.84. The Morgan fingerprint density at radius 2 is 1.85 bits per heavy atom. The molecule has 1 saturated heterocycles. The van der Waals surface area contributed by atoms with Crippen LogP contribution in [0.4, 0.5) is 22.5 Å². The molecule has 1 aromatic carbocycles. The van der Waals surface area contributed by atoms with Gasteiger partial charge in [-0.15, -0.1) is 0 Å². The van der Waals surface area contributed by atoms with Crippen LogP contribution in [0.5, 0.6) is 0 Å². The van der Waals surface area contributed by atoms with E-state index in [1.165, 1.54) is 11.3 Å². The lowest BCUT2D eigenvalue weighted by Crippen LogP contribution is -2.47. The summed E-state index contributed by atoms with van der Waals surface area (Å²) < 4.78 is 0. The fourth-order valence-electron chi connectivity index (χ4n) is 3.85. The van der Waals surface area contributed by atoms with Crippen LogP contribution in [0.3, 0.4) is 0 Å². The molecule has 0 saturated carbocycles. The Morgan fingerprint density at radius 1 is 1.12 bits per heavy atom. The lowest BCUT2D eigenvalue weighted by Gasteiger charge is -2.35. The molecule has 0 atom stereocenters. The minimum absolute atomic E-state index is 0.180. The summed E-state index contributed by atoms with van der Waals surface area (Å²) in [7, 11) is 0. The van der Waals surface area contributed by atoms with Crippen molar-refractivity contribution < 1.29 is 9.90 Å². The number of amides is 1. The Hall–Kier alpha value is -3.08. The molecule has 0 bridgehead atoms. The zero-order valence-corrected chi connectivity index (χ0v) is 19.9. The minimum atomic E-state index is -0.182. The van der Waals surface area contributed by atoms with Gasteiger partial charge in [0.15, 0.2) is 5.13 Å². The highest BCUT2D eigenvalue weighted by atomic mass is 32.1. The van der Waals surface area contributed by atoms with Crippen molar-refractivity contribution in [3.63, 3.8) is 0 Å². The normalized spacial score (nSPS) is 14.4. The number of carbonyl (C=O) groups is 1. The number of para-hydroxylation sites is 1. The van der Waals surface area contributed by atoms with E-state index in [-0.39, 0.29) is 12.5 Å². The average molecular weight is 468 g/mol. The van der Waals surface area contributed by atoms with Gasteiger partial charge in [-0.1, -0.05) is 29.5 Å². The maximum absolute atomic E-state index is 12.8. The minimum Gasteiger partial charge on any atom is -0.395 e. The van der Waals surface area contributed by atoms with E-state index < -0.39 is 0 Å². The highest BCUT2D eigenvalue weighted by Gasteiger charge is 2.19. The molecule has 1 amide bonds. The molecule has 1 fully saturated rings. The number of benzene rings is 1. The van der Waals surface area contributed by atoms with Gasteiger partial charge < -0.3 is 20.6 Å². The monoisotopic (exact) mass is 467 g/mol. The van der Waals surface area contributed by atoms with Crippen molar-refractivity contribution in [3.05, 3.63) is 52.3 Å². The number of anilines is 4. The van der Waals surface area contributed by atoms with Crippen LogP contribution in [-0.4, -0.2) is 70.2 Å². The number of aromatic nitrogens is 3. The van der Waals surface area contributed by atoms with Crippen LogP contribution in [0.25, 0.3) is 0 Å². The molecule has 0 unspecified atom stereocenters. The number of aryl methyl sites for hydroxylation is 3. The predicted octanol–water partition coefficient (Wildman–Crippen LogP) is 2.97. The van der Waals surface area contributed by atoms with Crippen LogP contribution < -0.4 is 15.5 Å². The lowest BCUT2D eigenvalue weighted by molar-refractivity contribution is 0.103. The smallest absolute Gasteiger partial charge is 0.267 e. The molecule has 0 spiro atoms. The topological polar surface area (TPSA) is 107 Å². The Bertz CT molecular complexity index is 1110. The van der Waals surface area contributed by atoms with E-state index in [1.54, 1.807) is 6.20 Å². The van der Waals surface area contributed by atoms with Crippen molar-refractivity contribution in [2.45, 2.75) is 20.8 Å². The molecule has 33 heavy (non-hydrogen) atoms. The molecule has 2 aromatic heterocycles. The Morgan fingerprint density at radius 3 is 2.55 bits per heavy atom. The number of thiazole rings is 1. The molecule has 174 valence electrons. The van der Waals surface area contributed by atoms with E-state index in [2.05, 4.69) is 35.4 Å². The number of piperazine rings is 1. The molecular weight excluding hydrogens is 438 g/mol. The van der Waals surface area contributed by atoms with E-state index in [4.69, 9.17) is 5.11 Å². The molecule has 3 heterocycles. The van der Waals surface area contributed by atoms with Crippen LogP contribution in [-0.2, 0) is 0 Å². The van der Waals surface area contributed by atoms with Crippen LogP contribution >= 0.6 is 11.3 Å². The van der Waals surface area contributed by atoms with Gasteiger partial charge in [0.25, 0.3) is 5.91 Å². The number of nitrogens with zero attached hydrogens (tertiary/aromatic N) is 5. The number of hydrogen-bond acceptors (Lipinski definition) is 9. The zero-order chi connectivity index (χ0) is 23.4. The molecule has 3 N–H and O–H groups in total. The highest BCUT2D eigenvalue weighted by molar-refractivity contribution is 7.17. The van der Waals surface area contributed by atoms with Gasteiger partial charge >= 0.3 is 0 Å². The highest BCUT2D eigenvalue weighted by Crippen LogP contribution is 2.26. The number of aliphatic hydroxyl groups is 1. The Labute approximate surface area is 197 Å². The van der Waals surface area contributed by atoms with Crippen molar-refractivity contribution in [2.24, 2.45) is 0 Å². The first-order valence-electron chi connectivity index (χ1n) is 11.0. The molecule has 1 aliphatic rings. The van der Waals surface area contributed by atoms with Gasteiger partial charge in [0.05, 0.1) is 12.8 Å². The Kier molecular flexibility index (Phi) is 7.17. The van der Waals surface area contributed by atoms with Gasteiger partial charge in [-0.05, 0) is 31.9 Å². The molecule has 4 rings (SSSR count). The van der Waals surface area contributed by atoms with Crippen LogP contribution in [0, 0.1) is 20.8 Å². The van der Waals surface area contributed by atoms with Crippen LogP contribution in [0.1, 0.15) is 26.6 Å². The second-order valence-electron chi connectivity index (χ2n) is 8.09. The molecular formula is C23H29N7O2S. The summed E-state index contributed by atoms with van der Waals surface area (Å²) in [6.07, 6.45) is 1.57. The zero-order valence-electron chi connectivity index (χ0n) is 19.1. The fourth-order valence-corrected chi connectivity index (χ4v) is 4.57. The van der Waals surface area contributed by atoms with Gasteiger partial charge in [0.1, 0.15) is 22.3 Å². The van der Waals surface area contributed by atoms with E-state index >= 15 is 0 Å². The largest absolute Gasteiger partial charge is 0.395 e. The maximum Gasteiger partial charge on any atom is 0.267 e. The van der Waals surface area contributed by atoms with Gasteiger partial charge in [-0.25, -0.2) is 15.0 Å². The first-order valence-corrected chi connectivity index (χ1v) is 11.8. The summed E-state index contributed by atoms with van der Waals surface area (Å²) >= 11 is 1.28. The van der Waals surface area contributed by atoms with E-state index in [0.717, 1.165) is 48.8 Å². The second-order valence-corrected chi connectivity index (χ2v) is 9.12. The summed E-state index contributed by atoms with van der Waals surface area (Å²) in [5.74, 6) is 1.99. The van der Waals surface area contributed by atoms with Gasteiger partial charge in [0, 0.05) is 44.5 Å². The lowest BCUT2D eigenvalue weighted by atomic mass is 10.1. The molecule has 0 aliphatic carbocycles. The van der Waals surface area contributed by atoms with E-state index in [1.807, 2.05) is 45.0 Å². The standard InChI is InChI=1S/C23H29N7O2S/c1-15-5-4-6-16(2)21(15)28-22(32)18-14-24-23(33-18)27-19-13-20(26-17(3)25-19)30-9-7-29(8-10-30)11-12-31/h4-6,13-14,31H,7-12H2,1-3H3,(H,28,32)(H,24,25,26,27). The molecule has 0 radical (unpaired) electrons. The van der Waals surface area contributed by atoms with E-state index in [9.17, 15) is 4.79 Å². The number of carbonyl (C=O) groups excluding carboxylic acids is 1. The third kappa shape index (κ3) is 5.65. The van der Waals surface area contributed by atoms with Crippen molar-refractivity contribution >= 4 is 39.7 Å². The van der Waals surface area contributed by atoms with Crippen molar-refractivity contribution in [1.82, 2.24) is 19.9 Å². The van der Waals surface area contributed by atoms with Gasteiger partial charge in [0.2, 0.25) is 0 Å². The Balaban J connectivity index is 1.43. The quantitative estimate of drug-likeness (QED) is 0.487. The summed E-state index contributed by atoms with van der Waals surface area (Å²) in [4.78, 5) is 31.2. The first-order chi connectivity index (χ1) is 15.9. The molecule has 9 nitrogen and oxygen atoms in total. The van der Waals surface area contributed by atoms with Crippen molar-refractivity contribution in [1.29, 1.82) is 0 Å². The molecule has 1 aliphatic heterocycles. The number of rotatable bonds is 7. The number of nitrogens with one attached hydrogen (secondary N) is 2. The van der Waals surface area contributed by atoms with Gasteiger partial charge in [-0.2, -0.15) is 0 Å². The summed E-state index contributed by atoms with van der Waals surface area (Å²) in [6.45, 7) is 10.2. The van der Waals surface area contributed by atoms with Gasteiger partial charge in [-0.3, -0.25) is 9.69 Å². The first kappa shape index (κ1) is 23.1. The van der Waals surface area contributed by atoms with Crippen LogP contribution in [0.2, 0.25) is 0 Å². The maximum atomic E-state index is 12.8. The average Bonchev–Trinajstić information content (AvgIpc) is 3.25. The summed E-state index contributed by atoms with van der Waals surface area (Å²) in [5.41, 5.74) is 2.88. The number of hydrogen-bond donors (Lipinski definition) is 3. The fraction of sp³-hybridized carbons (Fsp3) is 0.391. The van der Waals surface area contributed by atoms with E-state index in [0.29, 0.717) is 28.2 Å². The third-order valence-corrected chi connectivity index (χ3v) is 6.53. The summed E-state index contributed by atoms with van der Waals surface area (Å²) in [5, 5.41) is 15.9. The van der Waals surface area contributed by atoms with Crippen molar-refractivity contribution in [2.75, 3.05) is 54.9 Å². The molecule has 10 heteroatoms. The van der Waals surface area contributed by atoms with Crippen molar-refractivity contribution in [3.8, 4) is 0 Å².